The third-order valence-electron chi connectivity index (χ3n) is 1.57. The van der Waals surface area contributed by atoms with Crippen molar-refractivity contribution in [3.05, 3.63) is 0 Å². The Morgan fingerprint density at radius 1 is 1.47 bits per heavy atom. The Morgan fingerprint density at radius 2 is 2.00 bits per heavy atom. The molecular weight excluding hydrogens is 270 g/mol. The van der Waals surface area contributed by atoms with Gasteiger partial charge in [0.05, 0.1) is 18.4 Å². The first kappa shape index (κ1) is 13.9. The van der Waals surface area contributed by atoms with Crippen molar-refractivity contribution in [2.24, 2.45) is 0 Å². The largest absolute Gasteiger partial charge is 0.480 e. The van der Waals surface area contributed by atoms with Gasteiger partial charge >= 0.3 is 11.9 Å². The Labute approximate surface area is 95.1 Å². The van der Waals surface area contributed by atoms with Crippen LogP contribution >= 0.6 is 15.9 Å². The van der Waals surface area contributed by atoms with Gasteiger partial charge in [0.1, 0.15) is 6.04 Å². The van der Waals surface area contributed by atoms with Crippen LogP contribution in [0.2, 0.25) is 0 Å². The number of halogens is 1. The van der Waals surface area contributed by atoms with Crippen LogP contribution in [0.25, 0.3) is 0 Å². The molecule has 0 rings (SSSR count). The zero-order valence-electron chi connectivity index (χ0n) is 8.32. The second kappa shape index (κ2) is 6.39. The van der Waals surface area contributed by atoms with Gasteiger partial charge in [-0.3, -0.25) is 9.59 Å². The second-order valence-corrected chi connectivity index (χ2v) is 4.17. The van der Waals surface area contributed by atoms with E-state index in [4.69, 9.17) is 5.11 Å². The number of carbonyl (C=O) groups excluding carboxylic acids is 2. The molecule has 2 atom stereocenters. The van der Waals surface area contributed by atoms with Crippen molar-refractivity contribution in [2.45, 2.75) is 24.2 Å². The molecule has 0 bridgehead atoms. The first-order chi connectivity index (χ1) is 6.88. The Morgan fingerprint density at radius 3 is 2.33 bits per heavy atom. The van der Waals surface area contributed by atoms with Gasteiger partial charge in [-0.2, -0.15) is 0 Å². The maximum absolute atomic E-state index is 11.2. The summed E-state index contributed by atoms with van der Waals surface area (Å²) >= 11 is 2.98. The highest BCUT2D eigenvalue weighted by Gasteiger charge is 2.24. The molecular formula is C8H12BrNO5. The molecule has 0 aliphatic carbocycles. The Hall–Kier alpha value is -1.11. The number of alkyl halides is 1. The number of carboxylic acids is 1. The highest BCUT2D eigenvalue weighted by molar-refractivity contribution is 9.10. The van der Waals surface area contributed by atoms with Crippen molar-refractivity contribution in [3.63, 3.8) is 0 Å². The van der Waals surface area contributed by atoms with Gasteiger partial charge < -0.3 is 15.2 Å². The van der Waals surface area contributed by atoms with Crippen molar-refractivity contribution < 1.29 is 24.2 Å². The molecule has 6 nitrogen and oxygen atoms in total. The van der Waals surface area contributed by atoms with Gasteiger partial charge in [0, 0.05) is 0 Å². The highest BCUT2D eigenvalue weighted by atomic mass is 79.9. The van der Waals surface area contributed by atoms with Crippen LogP contribution in [-0.4, -0.2) is 40.9 Å². The summed E-state index contributed by atoms with van der Waals surface area (Å²) in [6.45, 7) is 1.55. The normalized spacial score (nSPS) is 13.8. The molecule has 0 saturated carbocycles. The number of carboxylic acid groups (broad SMARTS) is 1. The highest BCUT2D eigenvalue weighted by Crippen LogP contribution is 2.00. The number of esters is 1. The van der Waals surface area contributed by atoms with Crippen molar-refractivity contribution >= 4 is 33.8 Å². The number of hydrogen-bond acceptors (Lipinski definition) is 4. The molecule has 86 valence electrons. The van der Waals surface area contributed by atoms with E-state index >= 15 is 0 Å². The van der Waals surface area contributed by atoms with Crippen molar-refractivity contribution in [1.82, 2.24) is 5.32 Å². The number of ether oxygens (including phenoxy) is 1. The van der Waals surface area contributed by atoms with Crippen molar-refractivity contribution in [2.75, 3.05) is 7.11 Å². The molecule has 0 saturated heterocycles. The molecule has 0 aromatic carbocycles. The van der Waals surface area contributed by atoms with Gasteiger partial charge in [-0.05, 0) is 6.92 Å². The summed E-state index contributed by atoms with van der Waals surface area (Å²) < 4.78 is 4.31. The van der Waals surface area contributed by atoms with Gasteiger partial charge in [0.2, 0.25) is 5.91 Å². The summed E-state index contributed by atoms with van der Waals surface area (Å²) in [6, 6.07) is -1.26. The van der Waals surface area contributed by atoms with Crippen LogP contribution in [0.1, 0.15) is 13.3 Å². The molecule has 7 heteroatoms. The average molecular weight is 282 g/mol. The lowest BCUT2D eigenvalue weighted by molar-refractivity contribution is -0.148. The number of hydrogen-bond donors (Lipinski definition) is 2. The first-order valence-corrected chi connectivity index (χ1v) is 5.04. The summed E-state index contributed by atoms with van der Waals surface area (Å²) in [5.74, 6) is -2.46. The summed E-state index contributed by atoms with van der Waals surface area (Å²) in [4.78, 5) is 32.1. The standard InChI is InChI=1S/C8H12BrNO5/c1-4(9)7(12)10-5(8(13)14)3-6(11)15-2/h4-5H,3H2,1-2H3,(H,10,12)(H,13,14). The van der Waals surface area contributed by atoms with Gasteiger partial charge in [-0.25, -0.2) is 4.79 Å². The van der Waals surface area contributed by atoms with Crippen LogP contribution in [0.15, 0.2) is 0 Å². The third kappa shape index (κ3) is 5.36. The summed E-state index contributed by atoms with van der Waals surface area (Å²) in [7, 11) is 1.15. The maximum atomic E-state index is 11.2. The fourth-order valence-corrected chi connectivity index (χ4v) is 0.869. The quantitative estimate of drug-likeness (QED) is 0.542. The number of carbonyl (C=O) groups is 3. The smallest absolute Gasteiger partial charge is 0.326 e. The SMILES string of the molecule is COC(=O)CC(NC(=O)C(C)Br)C(=O)O. The number of rotatable bonds is 5. The molecule has 0 aromatic heterocycles. The molecule has 1 amide bonds. The van der Waals surface area contributed by atoms with E-state index in [1.165, 1.54) is 0 Å². The molecule has 2 unspecified atom stereocenters. The van der Waals surface area contributed by atoms with Crippen LogP contribution in [0.3, 0.4) is 0 Å². The van der Waals surface area contributed by atoms with Crippen molar-refractivity contribution in [3.8, 4) is 0 Å². The number of aliphatic carboxylic acids is 1. The lowest BCUT2D eigenvalue weighted by Gasteiger charge is -2.14. The van der Waals surface area contributed by atoms with Gasteiger partial charge in [-0.15, -0.1) is 0 Å². The van der Waals surface area contributed by atoms with Crippen LogP contribution < -0.4 is 5.32 Å². The van der Waals surface area contributed by atoms with Crippen LogP contribution in [0, 0.1) is 0 Å². The fraction of sp³-hybridized carbons (Fsp3) is 0.625. The average Bonchev–Trinajstić information content (AvgIpc) is 2.15. The molecule has 0 spiro atoms. The molecule has 0 heterocycles. The van der Waals surface area contributed by atoms with E-state index in [0.29, 0.717) is 0 Å². The molecule has 0 aromatic rings. The summed E-state index contributed by atoms with van der Waals surface area (Å²) in [5.41, 5.74) is 0. The van der Waals surface area contributed by atoms with Crippen LogP contribution in [0.5, 0.6) is 0 Å². The van der Waals surface area contributed by atoms with Gasteiger partial charge in [0.25, 0.3) is 0 Å². The summed E-state index contributed by atoms with van der Waals surface area (Å²) in [6.07, 6.45) is -0.392. The predicted octanol–water partition coefficient (Wildman–Crippen LogP) is -0.0977. The molecule has 15 heavy (non-hydrogen) atoms. The van der Waals surface area contributed by atoms with E-state index in [9.17, 15) is 14.4 Å². The molecule has 0 fully saturated rings. The van der Waals surface area contributed by atoms with E-state index in [1.807, 2.05) is 0 Å². The maximum Gasteiger partial charge on any atom is 0.326 e. The van der Waals surface area contributed by atoms with E-state index in [0.717, 1.165) is 7.11 Å². The minimum absolute atomic E-state index is 0.392. The van der Waals surface area contributed by atoms with E-state index in [2.05, 4.69) is 26.0 Å². The van der Waals surface area contributed by atoms with E-state index in [-0.39, 0.29) is 0 Å². The van der Waals surface area contributed by atoms with Gasteiger partial charge in [0.15, 0.2) is 0 Å². The first-order valence-electron chi connectivity index (χ1n) is 4.12. The Kier molecular flexibility index (Phi) is 5.92. The van der Waals surface area contributed by atoms with E-state index < -0.39 is 35.1 Å². The van der Waals surface area contributed by atoms with Crippen LogP contribution in [-0.2, 0) is 19.1 Å². The molecule has 0 aliphatic rings. The monoisotopic (exact) mass is 281 g/mol. The van der Waals surface area contributed by atoms with Crippen molar-refractivity contribution in [1.29, 1.82) is 0 Å². The molecule has 0 aliphatic heterocycles. The minimum atomic E-state index is -1.28. The number of methoxy groups -OCH3 is 1. The molecule has 0 radical (unpaired) electrons. The Bertz CT molecular complexity index is 266. The number of amides is 1. The topological polar surface area (TPSA) is 92.7 Å². The lowest BCUT2D eigenvalue weighted by atomic mass is 10.2. The zero-order valence-corrected chi connectivity index (χ0v) is 9.91. The van der Waals surface area contributed by atoms with Crippen LogP contribution in [0.4, 0.5) is 0 Å². The summed E-state index contributed by atoms with van der Waals surface area (Å²) in [5, 5.41) is 10.9. The Balaban J connectivity index is 4.35. The zero-order chi connectivity index (χ0) is 12.0. The third-order valence-corrected chi connectivity index (χ3v) is 1.99. The minimum Gasteiger partial charge on any atom is -0.480 e. The second-order valence-electron chi connectivity index (χ2n) is 2.80. The molecule has 2 N–H and O–H groups in total. The lowest BCUT2D eigenvalue weighted by Crippen LogP contribution is -2.44. The van der Waals surface area contributed by atoms with Gasteiger partial charge in [-0.1, -0.05) is 15.9 Å². The van der Waals surface area contributed by atoms with E-state index in [1.54, 1.807) is 6.92 Å². The fourth-order valence-electron chi connectivity index (χ4n) is 0.737. The number of nitrogens with one attached hydrogen (secondary N) is 1. The predicted molar refractivity (Wildman–Crippen MR) is 54.6 cm³/mol.